The van der Waals surface area contributed by atoms with E-state index in [1.807, 2.05) is 0 Å². The van der Waals surface area contributed by atoms with Gasteiger partial charge in [-0.1, -0.05) is 0 Å². The quantitative estimate of drug-likeness (QED) is 0.635. The van der Waals surface area contributed by atoms with Crippen molar-refractivity contribution >= 4 is 5.78 Å². The Labute approximate surface area is 81.2 Å². The molecule has 0 fully saturated rings. The molecule has 0 unspecified atom stereocenters. The fourth-order valence-electron chi connectivity index (χ4n) is 1.14. The summed E-state index contributed by atoms with van der Waals surface area (Å²) in [6, 6.07) is 3.28. The lowest BCUT2D eigenvalue weighted by atomic mass is 10.0. The molecule has 1 heterocycles. The zero-order chi connectivity index (χ0) is 10.7. The molecule has 0 spiro atoms. The molecule has 0 saturated heterocycles. The summed E-state index contributed by atoms with van der Waals surface area (Å²) in [6.45, 7) is 1.67. The maximum atomic E-state index is 11.5. The van der Waals surface area contributed by atoms with Gasteiger partial charge in [0.15, 0.2) is 11.7 Å². The third-order valence-electron chi connectivity index (χ3n) is 1.80. The molecule has 0 aliphatic heterocycles. The lowest BCUT2D eigenvalue weighted by Gasteiger charge is -1.96. The van der Waals surface area contributed by atoms with Gasteiger partial charge in [-0.3, -0.25) is 9.48 Å². The van der Waals surface area contributed by atoms with Gasteiger partial charge in [0.2, 0.25) is 0 Å². The van der Waals surface area contributed by atoms with Crippen molar-refractivity contribution in [3.8, 4) is 12.1 Å². The van der Waals surface area contributed by atoms with E-state index < -0.39 is 11.7 Å². The molecule has 0 aromatic carbocycles. The largest absolute Gasteiger partial charge is 0.291 e. The van der Waals surface area contributed by atoms with E-state index in [1.54, 1.807) is 26.1 Å². The van der Waals surface area contributed by atoms with Crippen molar-refractivity contribution in [2.75, 3.05) is 0 Å². The maximum absolute atomic E-state index is 11.5. The molecular formula is C9H8N4O. The van der Waals surface area contributed by atoms with E-state index in [2.05, 4.69) is 5.10 Å². The van der Waals surface area contributed by atoms with Crippen LogP contribution in [0.25, 0.3) is 0 Å². The van der Waals surface area contributed by atoms with Crippen LogP contribution in [-0.4, -0.2) is 15.6 Å². The maximum Gasteiger partial charge on any atom is 0.197 e. The minimum atomic E-state index is -1.24. The molecule has 5 heteroatoms. The molecular weight excluding hydrogens is 180 g/mol. The van der Waals surface area contributed by atoms with Gasteiger partial charge < -0.3 is 0 Å². The number of carbonyl (C=O) groups excluding carboxylic acids is 1. The second-order valence-electron chi connectivity index (χ2n) is 2.86. The Hall–Kier alpha value is -2.14. The lowest BCUT2D eigenvalue weighted by Crippen LogP contribution is -2.11. The van der Waals surface area contributed by atoms with Crippen molar-refractivity contribution < 1.29 is 4.79 Å². The highest BCUT2D eigenvalue weighted by atomic mass is 16.1. The Bertz CT molecular complexity index is 432. The van der Waals surface area contributed by atoms with Crippen LogP contribution in [0.5, 0.6) is 0 Å². The van der Waals surface area contributed by atoms with Crippen LogP contribution in [0.4, 0.5) is 0 Å². The first-order valence-electron chi connectivity index (χ1n) is 3.94. The van der Waals surface area contributed by atoms with E-state index in [1.165, 1.54) is 10.9 Å². The first-order chi connectivity index (χ1) is 6.60. The highest BCUT2D eigenvalue weighted by Crippen LogP contribution is 2.11. The minimum Gasteiger partial charge on any atom is -0.291 e. The van der Waals surface area contributed by atoms with Crippen molar-refractivity contribution in [2.45, 2.75) is 6.92 Å². The zero-order valence-electron chi connectivity index (χ0n) is 7.85. The number of Topliss-reactive ketones (excluding diaryl/α,β-unsaturated/α-hetero) is 1. The Morgan fingerprint density at radius 2 is 2.14 bits per heavy atom. The summed E-state index contributed by atoms with van der Waals surface area (Å²) in [5.41, 5.74) is 0.869. The molecule has 0 bridgehead atoms. The van der Waals surface area contributed by atoms with Crippen molar-refractivity contribution in [3.63, 3.8) is 0 Å². The highest BCUT2D eigenvalue weighted by molar-refractivity contribution is 6.01. The Balaban J connectivity index is 3.08. The number of ketones is 1. The average molecular weight is 188 g/mol. The summed E-state index contributed by atoms with van der Waals surface area (Å²) in [7, 11) is 1.68. The van der Waals surface area contributed by atoms with Gasteiger partial charge in [0.05, 0.1) is 23.4 Å². The number of nitrogens with zero attached hydrogens (tertiary/aromatic N) is 4. The van der Waals surface area contributed by atoms with E-state index in [0.717, 1.165) is 0 Å². The van der Waals surface area contributed by atoms with Crippen LogP contribution >= 0.6 is 0 Å². The molecule has 1 aromatic heterocycles. The molecule has 0 saturated carbocycles. The number of rotatable bonds is 2. The number of nitriles is 2. The van der Waals surface area contributed by atoms with Gasteiger partial charge in [0, 0.05) is 13.2 Å². The Morgan fingerprint density at radius 3 is 2.50 bits per heavy atom. The molecule has 0 radical (unpaired) electrons. The predicted molar refractivity (Wildman–Crippen MR) is 47.0 cm³/mol. The van der Waals surface area contributed by atoms with Gasteiger partial charge in [-0.15, -0.1) is 0 Å². The highest BCUT2D eigenvalue weighted by Gasteiger charge is 2.22. The molecule has 70 valence electrons. The van der Waals surface area contributed by atoms with Crippen molar-refractivity contribution in [2.24, 2.45) is 13.0 Å². The molecule has 14 heavy (non-hydrogen) atoms. The molecule has 5 nitrogen and oxygen atoms in total. The number of hydrogen-bond donors (Lipinski definition) is 0. The van der Waals surface area contributed by atoms with Crippen molar-refractivity contribution in [3.05, 3.63) is 17.5 Å². The van der Waals surface area contributed by atoms with Crippen LogP contribution in [0.1, 0.15) is 16.1 Å². The van der Waals surface area contributed by atoms with E-state index in [9.17, 15) is 4.79 Å². The summed E-state index contributed by atoms with van der Waals surface area (Å²) >= 11 is 0. The summed E-state index contributed by atoms with van der Waals surface area (Å²) in [5.74, 6) is -1.72. The normalized spacial score (nSPS) is 9.50. The molecule has 0 aliphatic carbocycles. The fraction of sp³-hybridized carbons (Fsp3) is 0.333. The fourth-order valence-corrected chi connectivity index (χ4v) is 1.14. The first kappa shape index (κ1) is 9.94. The average Bonchev–Trinajstić information content (AvgIpc) is 2.47. The Morgan fingerprint density at radius 1 is 1.57 bits per heavy atom. The molecule has 0 N–H and O–H groups in total. The predicted octanol–water partition coefficient (Wildman–Crippen LogP) is 0.575. The van der Waals surface area contributed by atoms with Gasteiger partial charge in [-0.05, 0) is 6.92 Å². The van der Waals surface area contributed by atoms with Gasteiger partial charge >= 0.3 is 0 Å². The first-order valence-corrected chi connectivity index (χ1v) is 3.94. The third-order valence-corrected chi connectivity index (χ3v) is 1.80. The molecule has 1 rings (SSSR count). The molecule has 0 amide bonds. The number of aromatic nitrogens is 2. The topological polar surface area (TPSA) is 82.5 Å². The lowest BCUT2D eigenvalue weighted by molar-refractivity contribution is 0.0970. The van der Waals surface area contributed by atoms with Crippen molar-refractivity contribution in [1.82, 2.24) is 9.78 Å². The van der Waals surface area contributed by atoms with Crippen LogP contribution < -0.4 is 0 Å². The summed E-state index contributed by atoms with van der Waals surface area (Å²) in [4.78, 5) is 11.5. The second-order valence-corrected chi connectivity index (χ2v) is 2.86. The van der Waals surface area contributed by atoms with Gasteiger partial charge in [-0.2, -0.15) is 15.6 Å². The third kappa shape index (κ3) is 1.62. The Kier molecular flexibility index (Phi) is 2.64. The van der Waals surface area contributed by atoms with Gasteiger partial charge in [0.1, 0.15) is 0 Å². The number of carbonyl (C=O) groups is 1. The van der Waals surface area contributed by atoms with Gasteiger partial charge in [0.25, 0.3) is 0 Å². The second kappa shape index (κ2) is 3.71. The van der Waals surface area contributed by atoms with Crippen molar-refractivity contribution in [1.29, 1.82) is 10.5 Å². The van der Waals surface area contributed by atoms with E-state index in [-0.39, 0.29) is 0 Å². The molecule has 0 aliphatic rings. The molecule has 0 atom stereocenters. The van der Waals surface area contributed by atoms with Gasteiger partial charge in [-0.25, -0.2) is 0 Å². The smallest absolute Gasteiger partial charge is 0.197 e. The SMILES string of the molecule is Cc1nn(C)cc1C(=O)C(C#N)C#N. The van der Waals surface area contributed by atoms with E-state index >= 15 is 0 Å². The van der Waals surface area contributed by atoms with E-state index in [0.29, 0.717) is 11.3 Å². The summed E-state index contributed by atoms with van der Waals surface area (Å²) < 4.78 is 1.48. The standard InChI is InChI=1S/C9H8N4O/c1-6-8(5-13(2)12-6)9(14)7(3-10)4-11/h5,7H,1-2H3. The van der Waals surface area contributed by atoms with E-state index in [4.69, 9.17) is 10.5 Å². The van der Waals surface area contributed by atoms with Crippen LogP contribution in [0.3, 0.4) is 0 Å². The number of hydrogen-bond acceptors (Lipinski definition) is 4. The molecule has 1 aromatic rings. The summed E-state index contributed by atoms with van der Waals surface area (Å²) in [5, 5.41) is 21.0. The summed E-state index contributed by atoms with van der Waals surface area (Å²) in [6.07, 6.45) is 1.51. The van der Waals surface area contributed by atoms with Crippen LogP contribution in [-0.2, 0) is 7.05 Å². The van der Waals surface area contributed by atoms with Crippen LogP contribution in [0.15, 0.2) is 6.20 Å². The zero-order valence-corrected chi connectivity index (χ0v) is 7.85. The monoisotopic (exact) mass is 188 g/mol. The number of aryl methyl sites for hydroxylation is 2. The minimum absolute atomic E-state index is 0.334. The van der Waals surface area contributed by atoms with Crippen LogP contribution in [0.2, 0.25) is 0 Å². The van der Waals surface area contributed by atoms with Crippen LogP contribution in [0, 0.1) is 35.5 Å².